The normalized spacial score (nSPS) is 48.2. The Bertz CT molecular complexity index is 139. The van der Waals surface area contributed by atoms with Gasteiger partial charge in [-0.05, 0) is 18.8 Å². The van der Waals surface area contributed by atoms with Crippen molar-refractivity contribution >= 4 is 5.78 Å². The topological polar surface area (TPSA) is 57.5 Å². The Morgan fingerprint density at radius 1 is 1.40 bits per heavy atom. The van der Waals surface area contributed by atoms with E-state index in [0.29, 0.717) is 0 Å². The van der Waals surface area contributed by atoms with Gasteiger partial charge in [-0.3, -0.25) is 4.79 Å². The Morgan fingerprint density at radius 3 is 2.00 bits per heavy atom. The molecule has 0 heterocycles. The molecule has 10 heavy (non-hydrogen) atoms. The maximum absolute atomic E-state index is 10.8. The first-order valence-electron chi connectivity index (χ1n) is 3.28. The van der Waals surface area contributed by atoms with Crippen LogP contribution in [0.25, 0.3) is 0 Å². The van der Waals surface area contributed by atoms with Crippen LogP contribution in [-0.4, -0.2) is 28.2 Å². The highest BCUT2D eigenvalue weighted by atomic mass is 16.3. The van der Waals surface area contributed by atoms with Crippen LogP contribution in [0.1, 0.15) is 6.92 Å². The van der Waals surface area contributed by atoms with Crippen molar-refractivity contribution in [2.45, 2.75) is 19.1 Å². The van der Waals surface area contributed by atoms with Crippen molar-refractivity contribution in [2.75, 3.05) is 0 Å². The number of ketones is 1. The first kappa shape index (κ1) is 7.69. The quantitative estimate of drug-likeness (QED) is 0.475. The van der Waals surface area contributed by atoms with Crippen molar-refractivity contribution in [2.24, 2.45) is 11.8 Å². The second-order valence-corrected chi connectivity index (χ2v) is 2.82. The molecule has 0 bridgehead atoms. The zero-order valence-electron chi connectivity index (χ0n) is 5.82. The Kier molecular flexibility index (Phi) is 1.79. The lowest BCUT2D eigenvalue weighted by Gasteiger charge is -2.10. The molecule has 0 aromatic carbocycles. The maximum Gasteiger partial charge on any atom is 0.190 e. The first-order valence-corrected chi connectivity index (χ1v) is 3.28. The summed E-state index contributed by atoms with van der Waals surface area (Å²) in [5, 5.41) is 18.1. The third kappa shape index (κ3) is 0.859. The number of Topliss-reactive ketones (excluding diaryl/α,β-unsaturated/α-hetero) is 1. The maximum atomic E-state index is 10.8. The Morgan fingerprint density at radius 2 is 1.90 bits per heavy atom. The van der Waals surface area contributed by atoms with Gasteiger partial charge in [0.2, 0.25) is 0 Å². The summed E-state index contributed by atoms with van der Waals surface area (Å²) in [5.74, 6) is -1.07. The zero-order valence-corrected chi connectivity index (χ0v) is 5.82. The summed E-state index contributed by atoms with van der Waals surface area (Å²) in [5.41, 5.74) is 0. The van der Waals surface area contributed by atoms with Gasteiger partial charge in [0.15, 0.2) is 5.78 Å². The predicted octanol–water partition coefficient (Wildman–Crippen LogP) is -0.623. The average Bonchev–Trinajstić information content (AvgIpc) is 2.07. The monoisotopic (exact) mass is 143 g/mol. The SMILES string of the molecule is [CH2]C1C(O)C(=O)C(O)C1C. The van der Waals surface area contributed by atoms with E-state index in [2.05, 4.69) is 6.92 Å². The van der Waals surface area contributed by atoms with Gasteiger partial charge in [0.25, 0.3) is 0 Å². The van der Waals surface area contributed by atoms with Crippen molar-refractivity contribution < 1.29 is 15.0 Å². The molecule has 1 aliphatic rings. The van der Waals surface area contributed by atoms with E-state index >= 15 is 0 Å². The molecule has 0 saturated heterocycles. The first-order chi connectivity index (χ1) is 4.55. The lowest BCUT2D eigenvalue weighted by molar-refractivity contribution is -0.131. The fourth-order valence-corrected chi connectivity index (χ4v) is 1.17. The van der Waals surface area contributed by atoms with Crippen molar-refractivity contribution in [3.8, 4) is 0 Å². The van der Waals surface area contributed by atoms with E-state index in [0.717, 1.165) is 0 Å². The van der Waals surface area contributed by atoms with E-state index in [1.54, 1.807) is 6.92 Å². The third-order valence-corrected chi connectivity index (χ3v) is 2.16. The molecule has 1 aliphatic carbocycles. The number of aliphatic hydroxyl groups is 2. The number of hydrogen-bond acceptors (Lipinski definition) is 3. The minimum absolute atomic E-state index is 0.220. The van der Waals surface area contributed by atoms with Crippen LogP contribution >= 0.6 is 0 Å². The van der Waals surface area contributed by atoms with E-state index in [9.17, 15) is 4.79 Å². The number of hydrogen-bond donors (Lipinski definition) is 2. The molecule has 4 atom stereocenters. The molecule has 4 unspecified atom stereocenters. The summed E-state index contributed by atoms with van der Waals surface area (Å²) in [6, 6.07) is 0. The van der Waals surface area contributed by atoms with Gasteiger partial charge in [-0.25, -0.2) is 0 Å². The minimum Gasteiger partial charge on any atom is -0.385 e. The Labute approximate surface area is 59.7 Å². The summed E-state index contributed by atoms with van der Waals surface area (Å²) in [6.07, 6.45) is -2.08. The van der Waals surface area contributed by atoms with Gasteiger partial charge in [-0.15, -0.1) is 0 Å². The molecule has 0 amide bonds. The summed E-state index contributed by atoms with van der Waals surface area (Å²) < 4.78 is 0. The number of aliphatic hydroxyl groups excluding tert-OH is 2. The molecule has 0 aliphatic heterocycles. The van der Waals surface area contributed by atoms with Crippen LogP contribution in [0, 0.1) is 18.8 Å². The molecule has 0 aromatic heterocycles. The molecule has 1 rings (SSSR count). The van der Waals surface area contributed by atoms with Gasteiger partial charge in [0.1, 0.15) is 12.2 Å². The third-order valence-electron chi connectivity index (χ3n) is 2.16. The second kappa shape index (κ2) is 2.32. The smallest absolute Gasteiger partial charge is 0.190 e. The lowest BCUT2D eigenvalue weighted by atomic mass is 9.98. The highest BCUT2D eigenvalue weighted by Gasteiger charge is 2.43. The zero-order chi connectivity index (χ0) is 7.89. The van der Waals surface area contributed by atoms with Gasteiger partial charge in [-0.1, -0.05) is 6.92 Å². The van der Waals surface area contributed by atoms with Crippen LogP contribution in [0.15, 0.2) is 0 Å². The molecular formula is C7H11O3. The number of carbonyl (C=O) groups excluding carboxylic acids is 1. The fourth-order valence-electron chi connectivity index (χ4n) is 1.17. The van der Waals surface area contributed by atoms with Crippen LogP contribution in [0.5, 0.6) is 0 Å². The molecule has 2 N–H and O–H groups in total. The fraction of sp³-hybridized carbons (Fsp3) is 0.714. The predicted molar refractivity (Wildman–Crippen MR) is 35.0 cm³/mol. The van der Waals surface area contributed by atoms with Crippen LogP contribution in [0.3, 0.4) is 0 Å². The Hall–Kier alpha value is -0.410. The molecule has 57 valence electrons. The van der Waals surface area contributed by atoms with E-state index in [1.165, 1.54) is 0 Å². The molecule has 1 radical (unpaired) electrons. The molecular weight excluding hydrogens is 132 g/mol. The van der Waals surface area contributed by atoms with Crippen LogP contribution in [-0.2, 0) is 4.79 Å². The van der Waals surface area contributed by atoms with Crippen molar-refractivity contribution in [3.63, 3.8) is 0 Å². The molecule has 3 nitrogen and oxygen atoms in total. The molecule has 3 heteroatoms. The summed E-state index contributed by atoms with van der Waals surface area (Å²) in [4.78, 5) is 10.8. The average molecular weight is 143 g/mol. The molecule has 0 aromatic rings. The van der Waals surface area contributed by atoms with Gasteiger partial charge < -0.3 is 10.2 Å². The minimum atomic E-state index is -1.06. The summed E-state index contributed by atoms with van der Waals surface area (Å²) in [6.45, 7) is 5.27. The summed E-state index contributed by atoms with van der Waals surface area (Å²) in [7, 11) is 0. The number of rotatable bonds is 0. The van der Waals surface area contributed by atoms with Crippen LogP contribution in [0.2, 0.25) is 0 Å². The highest BCUT2D eigenvalue weighted by Crippen LogP contribution is 2.28. The van der Waals surface area contributed by atoms with Crippen LogP contribution < -0.4 is 0 Å². The van der Waals surface area contributed by atoms with Gasteiger partial charge >= 0.3 is 0 Å². The lowest BCUT2D eigenvalue weighted by Crippen LogP contribution is -2.24. The molecule has 0 spiro atoms. The van der Waals surface area contributed by atoms with E-state index in [-0.39, 0.29) is 11.8 Å². The van der Waals surface area contributed by atoms with Gasteiger partial charge in [0, 0.05) is 0 Å². The van der Waals surface area contributed by atoms with Crippen LogP contribution in [0.4, 0.5) is 0 Å². The van der Waals surface area contributed by atoms with E-state index < -0.39 is 18.0 Å². The van der Waals surface area contributed by atoms with Gasteiger partial charge in [-0.2, -0.15) is 0 Å². The molecule has 1 saturated carbocycles. The summed E-state index contributed by atoms with van der Waals surface area (Å²) >= 11 is 0. The largest absolute Gasteiger partial charge is 0.385 e. The van der Waals surface area contributed by atoms with Crippen molar-refractivity contribution in [3.05, 3.63) is 6.92 Å². The second-order valence-electron chi connectivity index (χ2n) is 2.82. The number of carbonyl (C=O) groups is 1. The molecule has 1 fully saturated rings. The van der Waals surface area contributed by atoms with E-state index in [4.69, 9.17) is 10.2 Å². The van der Waals surface area contributed by atoms with E-state index in [1.807, 2.05) is 0 Å². The Balaban J connectivity index is 2.78. The van der Waals surface area contributed by atoms with Gasteiger partial charge in [0.05, 0.1) is 0 Å². The highest BCUT2D eigenvalue weighted by molar-refractivity contribution is 5.90. The van der Waals surface area contributed by atoms with Crippen molar-refractivity contribution in [1.29, 1.82) is 0 Å². The standard InChI is InChI=1S/C7H11O3/c1-3-4(2)6(9)7(10)5(3)8/h3-6,8-9H,1H2,2H3. The van der Waals surface area contributed by atoms with Crippen molar-refractivity contribution in [1.82, 2.24) is 0 Å².